The fraction of sp³-hybridized carbons (Fsp3) is 0.208. The van der Waals surface area contributed by atoms with Crippen molar-refractivity contribution in [3.63, 3.8) is 0 Å². The number of nitrogens with zero attached hydrogens (tertiary/aromatic N) is 2. The smallest absolute Gasteiger partial charge is 0.203 e. The van der Waals surface area contributed by atoms with Crippen molar-refractivity contribution in [2.75, 3.05) is 13.7 Å². The maximum atomic E-state index is 8.78. The molecular weight excluding hydrogens is 362 g/mol. The predicted octanol–water partition coefficient (Wildman–Crippen LogP) is 4.37. The average Bonchev–Trinajstić information content (AvgIpc) is 3.02. The lowest BCUT2D eigenvalue weighted by Gasteiger charge is -2.09. The van der Waals surface area contributed by atoms with Crippen LogP contribution in [0, 0.1) is 12.3 Å². The Hall–Kier alpha value is -3.47. The first-order valence-electron chi connectivity index (χ1n) is 9.71. The van der Waals surface area contributed by atoms with Crippen molar-refractivity contribution in [2.45, 2.75) is 20.0 Å². The third kappa shape index (κ3) is 3.90. The second kappa shape index (κ2) is 8.27. The van der Waals surface area contributed by atoms with Gasteiger partial charge in [-0.3, -0.25) is 5.41 Å². The van der Waals surface area contributed by atoms with Crippen molar-refractivity contribution in [3.8, 4) is 11.5 Å². The van der Waals surface area contributed by atoms with Crippen molar-refractivity contribution < 1.29 is 9.47 Å². The normalized spacial score (nSPS) is 11.0. The molecule has 0 aliphatic heterocycles. The Morgan fingerprint density at radius 1 is 0.793 bits per heavy atom. The van der Waals surface area contributed by atoms with Crippen LogP contribution in [0.25, 0.3) is 11.0 Å². The van der Waals surface area contributed by atoms with Gasteiger partial charge < -0.3 is 18.6 Å². The van der Waals surface area contributed by atoms with Gasteiger partial charge in [-0.15, -0.1) is 0 Å². The molecule has 5 nitrogen and oxygen atoms in total. The van der Waals surface area contributed by atoms with Gasteiger partial charge in [0.05, 0.1) is 31.2 Å². The first-order valence-corrected chi connectivity index (χ1v) is 9.71. The van der Waals surface area contributed by atoms with Gasteiger partial charge in [-0.2, -0.15) is 0 Å². The van der Waals surface area contributed by atoms with Crippen LogP contribution in [0.5, 0.6) is 11.5 Å². The summed E-state index contributed by atoms with van der Waals surface area (Å²) in [6, 6.07) is 24.1. The third-order valence-electron chi connectivity index (χ3n) is 5.21. The van der Waals surface area contributed by atoms with Gasteiger partial charge >= 0.3 is 0 Å². The van der Waals surface area contributed by atoms with Gasteiger partial charge in [0.25, 0.3) is 0 Å². The summed E-state index contributed by atoms with van der Waals surface area (Å²) in [5.41, 5.74) is 5.05. The second-order valence-electron chi connectivity index (χ2n) is 7.00. The van der Waals surface area contributed by atoms with Crippen LogP contribution in [0.2, 0.25) is 0 Å². The molecule has 1 N–H and O–H groups in total. The fourth-order valence-electron chi connectivity index (χ4n) is 3.57. The highest BCUT2D eigenvalue weighted by atomic mass is 16.5. The number of methoxy groups -OCH3 is 1. The number of nitrogens with one attached hydrogen (secondary N) is 1. The van der Waals surface area contributed by atoms with E-state index in [1.54, 1.807) is 7.11 Å². The minimum Gasteiger partial charge on any atom is -0.497 e. The number of hydrogen-bond acceptors (Lipinski definition) is 3. The van der Waals surface area contributed by atoms with Crippen molar-refractivity contribution in [1.29, 1.82) is 5.41 Å². The monoisotopic (exact) mass is 387 g/mol. The molecule has 0 aliphatic carbocycles. The number of para-hydroxylation sites is 2. The molecule has 4 aromatic rings. The van der Waals surface area contributed by atoms with Crippen molar-refractivity contribution in [2.24, 2.45) is 0 Å². The average molecular weight is 387 g/mol. The summed E-state index contributed by atoms with van der Waals surface area (Å²) in [4.78, 5) is 0. The highest BCUT2D eigenvalue weighted by Gasteiger charge is 2.11. The maximum Gasteiger partial charge on any atom is 0.203 e. The fourth-order valence-corrected chi connectivity index (χ4v) is 3.57. The van der Waals surface area contributed by atoms with Gasteiger partial charge in [0, 0.05) is 0 Å². The molecule has 5 heteroatoms. The molecule has 4 rings (SSSR count). The van der Waals surface area contributed by atoms with Crippen LogP contribution in [0.4, 0.5) is 0 Å². The van der Waals surface area contributed by atoms with Gasteiger partial charge in [-0.05, 0) is 54.4 Å². The summed E-state index contributed by atoms with van der Waals surface area (Å²) >= 11 is 0. The van der Waals surface area contributed by atoms with E-state index in [9.17, 15) is 0 Å². The minimum absolute atomic E-state index is 0.479. The lowest BCUT2D eigenvalue weighted by atomic mass is 10.1. The van der Waals surface area contributed by atoms with Crippen molar-refractivity contribution >= 4 is 11.0 Å². The van der Waals surface area contributed by atoms with Crippen LogP contribution in [0.3, 0.4) is 0 Å². The highest BCUT2D eigenvalue weighted by Crippen LogP contribution is 2.18. The lowest BCUT2D eigenvalue weighted by molar-refractivity contribution is 0.296. The van der Waals surface area contributed by atoms with E-state index in [0.29, 0.717) is 25.3 Å². The number of imidazole rings is 1. The molecule has 0 bridgehead atoms. The molecule has 1 heterocycles. The number of rotatable bonds is 7. The van der Waals surface area contributed by atoms with Crippen LogP contribution >= 0.6 is 0 Å². The zero-order chi connectivity index (χ0) is 20.2. The molecule has 0 amide bonds. The SMILES string of the molecule is COc1ccc(OCCn2c(=N)n(Cc3ccccc3C)c3ccccc32)cc1. The summed E-state index contributed by atoms with van der Waals surface area (Å²) in [6.45, 7) is 3.88. The van der Waals surface area contributed by atoms with Crippen LogP contribution in [-0.4, -0.2) is 22.9 Å². The Kier molecular flexibility index (Phi) is 5.38. The molecule has 0 saturated heterocycles. The number of ether oxygens (including phenoxy) is 2. The number of fused-ring (bicyclic) bond motifs is 1. The zero-order valence-corrected chi connectivity index (χ0v) is 16.8. The Balaban J connectivity index is 1.58. The van der Waals surface area contributed by atoms with E-state index in [4.69, 9.17) is 14.9 Å². The summed E-state index contributed by atoms with van der Waals surface area (Å²) in [5.74, 6) is 1.60. The summed E-state index contributed by atoms with van der Waals surface area (Å²) in [7, 11) is 1.65. The Morgan fingerprint density at radius 3 is 2.10 bits per heavy atom. The molecule has 0 atom stereocenters. The van der Waals surface area contributed by atoms with E-state index in [1.165, 1.54) is 11.1 Å². The number of hydrogen-bond donors (Lipinski definition) is 1. The Bertz CT molecular complexity index is 1170. The molecule has 3 aromatic carbocycles. The number of aromatic nitrogens is 2. The molecule has 0 radical (unpaired) electrons. The number of benzene rings is 3. The van der Waals surface area contributed by atoms with Crippen molar-refractivity contribution in [1.82, 2.24) is 9.13 Å². The van der Waals surface area contributed by atoms with Crippen LogP contribution < -0.4 is 15.1 Å². The van der Waals surface area contributed by atoms with Crippen molar-refractivity contribution in [3.05, 3.63) is 89.5 Å². The second-order valence-corrected chi connectivity index (χ2v) is 7.00. The van der Waals surface area contributed by atoms with E-state index >= 15 is 0 Å². The highest BCUT2D eigenvalue weighted by molar-refractivity contribution is 5.76. The van der Waals surface area contributed by atoms with Gasteiger partial charge in [-0.1, -0.05) is 36.4 Å². The van der Waals surface area contributed by atoms with E-state index in [2.05, 4.69) is 35.8 Å². The molecule has 1 aromatic heterocycles. The molecule has 0 saturated carbocycles. The largest absolute Gasteiger partial charge is 0.497 e. The van der Waals surface area contributed by atoms with Crippen LogP contribution in [-0.2, 0) is 13.1 Å². The molecule has 0 aliphatic rings. The van der Waals surface area contributed by atoms with E-state index in [1.807, 2.05) is 53.1 Å². The summed E-state index contributed by atoms with van der Waals surface area (Å²) < 4.78 is 15.1. The maximum absolute atomic E-state index is 8.78. The third-order valence-corrected chi connectivity index (χ3v) is 5.21. The van der Waals surface area contributed by atoms with Gasteiger partial charge in [0.15, 0.2) is 0 Å². The first kappa shape index (κ1) is 18.9. The van der Waals surface area contributed by atoms with E-state index < -0.39 is 0 Å². The van der Waals surface area contributed by atoms with Gasteiger partial charge in [0.1, 0.15) is 18.1 Å². The van der Waals surface area contributed by atoms with E-state index in [-0.39, 0.29) is 0 Å². The molecule has 148 valence electrons. The molecule has 0 spiro atoms. The number of aryl methyl sites for hydroxylation is 1. The Labute approximate surface area is 170 Å². The van der Waals surface area contributed by atoms with Crippen LogP contribution in [0.15, 0.2) is 72.8 Å². The first-order chi connectivity index (χ1) is 14.2. The standard InChI is InChI=1S/C24H25N3O2/c1-18-7-3-4-8-19(18)17-27-23-10-6-5-9-22(23)26(24(27)25)15-16-29-21-13-11-20(28-2)12-14-21/h3-14,25H,15-17H2,1-2H3. The zero-order valence-electron chi connectivity index (χ0n) is 16.8. The quantitative estimate of drug-likeness (QED) is 0.512. The van der Waals surface area contributed by atoms with Gasteiger partial charge in [0.2, 0.25) is 5.62 Å². The molecule has 0 unspecified atom stereocenters. The van der Waals surface area contributed by atoms with Crippen LogP contribution in [0.1, 0.15) is 11.1 Å². The predicted molar refractivity (Wildman–Crippen MR) is 115 cm³/mol. The molecular formula is C24H25N3O2. The lowest BCUT2D eigenvalue weighted by Crippen LogP contribution is -2.27. The Morgan fingerprint density at radius 2 is 1.41 bits per heavy atom. The molecule has 29 heavy (non-hydrogen) atoms. The minimum atomic E-state index is 0.479. The van der Waals surface area contributed by atoms with Gasteiger partial charge in [-0.25, -0.2) is 0 Å². The topological polar surface area (TPSA) is 52.2 Å². The van der Waals surface area contributed by atoms with E-state index in [0.717, 1.165) is 22.5 Å². The molecule has 0 fully saturated rings. The summed E-state index contributed by atoms with van der Waals surface area (Å²) in [5, 5.41) is 8.78. The summed E-state index contributed by atoms with van der Waals surface area (Å²) in [6.07, 6.45) is 0.